The van der Waals surface area contributed by atoms with E-state index in [9.17, 15) is 9.90 Å². The van der Waals surface area contributed by atoms with Gasteiger partial charge in [0.1, 0.15) is 5.75 Å². The Morgan fingerprint density at radius 2 is 1.96 bits per heavy atom. The van der Waals surface area contributed by atoms with Crippen molar-refractivity contribution in [3.8, 4) is 11.6 Å². The van der Waals surface area contributed by atoms with Crippen molar-refractivity contribution in [2.24, 2.45) is 0 Å². The SMILES string of the molecule is CC(C)(O)OCCCOc1ccnc(NC(=O)Oc2ccccc2)n1. The largest absolute Gasteiger partial charge is 0.477 e. The Labute approximate surface area is 145 Å². The zero-order chi connectivity index (χ0) is 18.1. The Bertz CT molecular complexity index is 673. The molecule has 2 aromatic rings. The quantitative estimate of drug-likeness (QED) is 0.559. The van der Waals surface area contributed by atoms with Gasteiger partial charge in [0, 0.05) is 18.7 Å². The monoisotopic (exact) mass is 347 g/mol. The molecule has 2 N–H and O–H groups in total. The van der Waals surface area contributed by atoms with Crippen LogP contribution < -0.4 is 14.8 Å². The zero-order valence-corrected chi connectivity index (χ0v) is 14.1. The van der Waals surface area contributed by atoms with Gasteiger partial charge >= 0.3 is 6.09 Å². The average Bonchev–Trinajstić information content (AvgIpc) is 2.54. The minimum Gasteiger partial charge on any atom is -0.477 e. The molecule has 0 saturated heterocycles. The van der Waals surface area contributed by atoms with Crippen LogP contribution >= 0.6 is 0 Å². The maximum atomic E-state index is 11.8. The Morgan fingerprint density at radius 1 is 1.20 bits per heavy atom. The molecular weight excluding hydrogens is 326 g/mol. The lowest BCUT2D eigenvalue weighted by atomic mass is 10.3. The van der Waals surface area contributed by atoms with Crippen LogP contribution in [0.25, 0.3) is 0 Å². The van der Waals surface area contributed by atoms with Gasteiger partial charge in [-0.3, -0.25) is 5.32 Å². The number of hydrogen-bond donors (Lipinski definition) is 2. The summed E-state index contributed by atoms with van der Waals surface area (Å²) >= 11 is 0. The first-order valence-corrected chi connectivity index (χ1v) is 7.78. The van der Waals surface area contributed by atoms with E-state index < -0.39 is 11.9 Å². The van der Waals surface area contributed by atoms with Gasteiger partial charge in [-0.25, -0.2) is 9.78 Å². The minimum atomic E-state index is -1.16. The maximum Gasteiger partial charge on any atom is 0.419 e. The number of nitrogens with zero attached hydrogens (tertiary/aromatic N) is 2. The van der Waals surface area contributed by atoms with Crippen LogP contribution in [0.4, 0.5) is 10.7 Å². The molecule has 0 atom stereocenters. The van der Waals surface area contributed by atoms with Gasteiger partial charge in [0.15, 0.2) is 5.79 Å². The molecule has 0 aliphatic heterocycles. The first-order valence-electron chi connectivity index (χ1n) is 7.78. The van der Waals surface area contributed by atoms with E-state index in [0.29, 0.717) is 31.3 Å². The summed E-state index contributed by atoms with van der Waals surface area (Å²) in [6.45, 7) is 3.82. The van der Waals surface area contributed by atoms with Crippen LogP contribution in [0.15, 0.2) is 42.6 Å². The van der Waals surface area contributed by atoms with E-state index in [1.165, 1.54) is 6.20 Å². The number of benzene rings is 1. The highest BCUT2D eigenvalue weighted by Gasteiger charge is 2.11. The molecule has 8 nitrogen and oxygen atoms in total. The van der Waals surface area contributed by atoms with Gasteiger partial charge in [0.2, 0.25) is 11.8 Å². The lowest BCUT2D eigenvalue weighted by molar-refractivity contribution is -0.176. The molecular formula is C17H21N3O5. The molecule has 0 aliphatic carbocycles. The predicted molar refractivity (Wildman–Crippen MR) is 90.5 cm³/mol. The van der Waals surface area contributed by atoms with Crippen molar-refractivity contribution >= 4 is 12.0 Å². The van der Waals surface area contributed by atoms with Crippen LogP contribution in [0, 0.1) is 0 Å². The molecule has 0 unspecified atom stereocenters. The number of aromatic nitrogens is 2. The molecule has 8 heteroatoms. The van der Waals surface area contributed by atoms with E-state index >= 15 is 0 Å². The molecule has 0 spiro atoms. The van der Waals surface area contributed by atoms with E-state index in [0.717, 1.165) is 0 Å². The lowest BCUT2D eigenvalue weighted by Gasteiger charge is -2.17. The number of para-hydroxylation sites is 1. The summed E-state index contributed by atoms with van der Waals surface area (Å²) in [5.74, 6) is -0.357. The van der Waals surface area contributed by atoms with Crippen molar-refractivity contribution in [3.05, 3.63) is 42.6 Å². The highest BCUT2D eigenvalue weighted by Crippen LogP contribution is 2.12. The molecule has 0 saturated carbocycles. The summed E-state index contributed by atoms with van der Waals surface area (Å²) < 4.78 is 15.7. The highest BCUT2D eigenvalue weighted by molar-refractivity contribution is 5.84. The third-order valence-corrected chi connectivity index (χ3v) is 2.79. The van der Waals surface area contributed by atoms with Gasteiger partial charge in [-0.1, -0.05) is 18.2 Å². The zero-order valence-electron chi connectivity index (χ0n) is 14.1. The molecule has 1 heterocycles. The molecule has 134 valence electrons. The van der Waals surface area contributed by atoms with Crippen LogP contribution in [0.2, 0.25) is 0 Å². The number of amides is 1. The Hall–Kier alpha value is -2.71. The molecule has 0 aliphatic rings. The average molecular weight is 347 g/mol. The first-order chi connectivity index (χ1) is 11.9. The number of ether oxygens (including phenoxy) is 3. The normalized spacial score (nSPS) is 11.0. The highest BCUT2D eigenvalue weighted by atomic mass is 16.6. The van der Waals surface area contributed by atoms with Crippen LogP contribution in [-0.2, 0) is 4.74 Å². The second-order valence-corrected chi connectivity index (χ2v) is 5.54. The van der Waals surface area contributed by atoms with Crippen molar-refractivity contribution in [3.63, 3.8) is 0 Å². The maximum absolute atomic E-state index is 11.8. The predicted octanol–water partition coefficient (Wildman–Crippen LogP) is 2.60. The van der Waals surface area contributed by atoms with Crippen molar-refractivity contribution in [1.29, 1.82) is 0 Å². The number of carbonyl (C=O) groups excluding carboxylic acids is 1. The van der Waals surface area contributed by atoms with Crippen LogP contribution in [0.3, 0.4) is 0 Å². The Morgan fingerprint density at radius 3 is 2.68 bits per heavy atom. The van der Waals surface area contributed by atoms with E-state index in [4.69, 9.17) is 14.2 Å². The van der Waals surface area contributed by atoms with E-state index in [1.807, 2.05) is 6.07 Å². The second-order valence-electron chi connectivity index (χ2n) is 5.54. The molecule has 0 bridgehead atoms. The number of aliphatic hydroxyl groups is 1. The van der Waals surface area contributed by atoms with Crippen molar-refractivity contribution in [2.75, 3.05) is 18.5 Å². The summed E-state index contributed by atoms with van der Waals surface area (Å²) in [5.41, 5.74) is 0. The summed E-state index contributed by atoms with van der Waals surface area (Å²) in [5, 5.41) is 11.9. The molecule has 1 aromatic heterocycles. The standard InChI is InChI=1S/C17H21N3O5/c1-17(2,22)24-12-6-11-23-14-9-10-18-15(19-14)20-16(21)25-13-7-4-3-5-8-13/h3-5,7-10,22H,6,11-12H2,1-2H3,(H,18,19,20,21). The van der Waals surface area contributed by atoms with E-state index in [-0.39, 0.29) is 5.95 Å². The van der Waals surface area contributed by atoms with Crippen molar-refractivity contribution in [1.82, 2.24) is 9.97 Å². The topological polar surface area (TPSA) is 103 Å². The Kier molecular flexibility index (Phi) is 6.67. The molecule has 1 aromatic carbocycles. The first kappa shape index (κ1) is 18.6. The van der Waals surface area contributed by atoms with Crippen LogP contribution in [0.5, 0.6) is 11.6 Å². The smallest absolute Gasteiger partial charge is 0.419 e. The van der Waals surface area contributed by atoms with Gasteiger partial charge in [-0.05, 0) is 26.0 Å². The molecule has 25 heavy (non-hydrogen) atoms. The van der Waals surface area contributed by atoms with E-state index in [1.54, 1.807) is 44.2 Å². The van der Waals surface area contributed by atoms with Gasteiger partial charge in [-0.2, -0.15) is 4.98 Å². The third kappa shape index (κ3) is 7.60. The fourth-order valence-corrected chi connectivity index (χ4v) is 1.75. The van der Waals surface area contributed by atoms with E-state index in [2.05, 4.69) is 15.3 Å². The van der Waals surface area contributed by atoms with Gasteiger partial charge < -0.3 is 19.3 Å². The van der Waals surface area contributed by atoms with Crippen molar-refractivity contribution < 1.29 is 24.1 Å². The number of carbonyl (C=O) groups is 1. The molecule has 1 amide bonds. The fourth-order valence-electron chi connectivity index (χ4n) is 1.75. The summed E-state index contributed by atoms with van der Waals surface area (Å²) in [7, 11) is 0. The summed E-state index contributed by atoms with van der Waals surface area (Å²) in [6, 6.07) is 10.2. The lowest BCUT2D eigenvalue weighted by Crippen LogP contribution is -2.24. The Balaban J connectivity index is 1.77. The molecule has 0 fully saturated rings. The second kappa shape index (κ2) is 8.95. The fraction of sp³-hybridized carbons (Fsp3) is 0.353. The van der Waals surface area contributed by atoms with Crippen molar-refractivity contribution in [2.45, 2.75) is 26.1 Å². The third-order valence-electron chi connectivity index (χ3n) is 2.79. The van der Waals surface area contributed by atoms with Gasteiger partial charge in [-0.15, -0.1) is 0 Å². The summed E-state index contributed by atoms with van der Waals surface area (Å²) in [4.78, 5) is 19.8. The van der Waals surface area contributed by atoms with Crippen LogP contribution in [-0.4, -0.2) is 40.2 Å². The number of anilines is 1. The molecule has 0 radical (unpaired) electrons. The van der Waals surface area contributed by atoms with Gasteiger partial charge in [0.25, 0.3) is 0 Å². The number of rotatable bonds is 8. The number of nitrogens with one attached hydrogen (secondary N) is 1. The van der Waals surface area contributed by atoms with Gasteiger partial charge in [0.05, 0.1) is 13.2 Å². The summed E-state index contributed by atoms with van der Waals surface area (Å²) in [6.07, 6.45) is 1.35. The molecule has 2 rings (SSSR count). The number of hydrogen-bond acceptors (Lipinski definition) is 7. The minimum absolute atomic E-state index is 0.0752. The van der Waals surface area contributed by atoms with Crippen LogP contribution in [0.1, 0.15) is 20.3 Å².